The van der Waals surface area contributed by atoms with Crippen LogP contribution in [0.4, 0.5) is 0 Å². The first-order chi connectivity index (χ1) is 12.1. The Morgan fingerprint density at radius 1 is 1.16 bits per heavy atom. The number of rotatable bonds is 5. The van der Waals surface area contributed by atoms with Crippen LogP contribution >= 0.6 is 0 Å². The lowest BCUT2D eigenvalue weighted by Crippen LogP contribution is -2.56. The van der Waals surface area contributed by atoms with Gasteiger partial charge >= 0.3 is 0 Å². The molecule has 3 rings (SSSR count). The van der Waals surface area contributed by atoms with Crippen molar-refractivity contribution in [3.05, 3.63) is 11.6 Å². The van der Waals surface area contributed by atoms with Crippen LogP contribution < -0.4 is 5.32 Å². The van der Waals surface area contributed by atoms with E-state index in [1.54, 1.807) is 0 Å². The van der Waals surface area contributed by atoms with E-state index in [0.29, 0.717) is 25.4 Å². The third-order valence-corrected chi connectivity index (χ3v) is 6.44. The number of carbonyl (C=O) groups excluding carboxylic acids is 2. The van der Waals surface area contributed by atoms with Crippen molar-refractivity contribution in [1.29, 1.82) is 0 Å². The molecule has 0 aromatic heterocycles. The number of hydrogen-bond acceptors (Lipinski definition) is 2. The van der Waals surface area contributed by atoms with Crippen LogP contribution in [0.2, 0.25) is 0 Å². The summed E-state index contributed by atoms with van der Waals surface area (Å²) < 4.78 is 0. The summed E-state index contributed by atoms with van der Waals surface area (Å²) in [6.07, 6.45) is 16.5. The molecule has 140 valence electrons. The van der Waals surface area contributed by atoms with E-state index >= 15 is 0 Å². The molecule has 1 saturated carbocycles. The van der Waals surface area contributed by atoms with Crippen LogP contribution in [0, 0.1) is 0 Å². The predicted octanol–water partition coefficient (Wildman–Crippen LogP) is 4.10. The van der Waals surface area contributed by atoms with Crippen LogP contribution in [0.15, 0.2) is 11.6 Å². The molecule has 0 aromatic carbocycles. The first kappa shape index (κ1) is 18.5. The maximum atomic E-state index is 13.0. The quantitative estimate of drug-likeness (QED) is 0.602. The second kappa shape index (κ2) is 8.37. The third kappa shape index (κ3) is 4.45. The highest BCUT2D eigenvalue weighted by atomic mass is 16.2. The predicted molar refractivity (Wildman–Crippen MR) is 100 cm³/mol. The Morgan fingerprint density at radius 3 is 2.60 bits per heavy atom. The van der Waals surface area contributed by atoms with E-state index in [1.807, 2.05) is 11.8 Å². The van der Waals surface area contributed by atoms with Crippen molar-refractivity contribution in [2.24, 2.45) is 0 Å². The van der Waals surface area contributed by atoms with E-state index < -0.39 is 5.54 Å². The third-order valence-electron chi connectivity index (χ3n) is 6.44. The summed E-state index contributed by atoms with van der Waals surface area (Å²) in [5.74, 6) is 0.220. The molecule has 4 heteroatoms. The van der Waals surface area contributed by atoms with Crippen molar-refractivity contribution in [2.75, 3.05) is 6.54 Å². The van der Waals surface area contributed by atoms with Gasteiger partial charge in [0.1, 0.15) is 5.54 Å². The van der Waals surface area contributed by atoms with E-state index in [0.717, 1.165) is 25.7 Å². The van der Waals surface area contributed by atoms with Gasteiger partial charge < -0.3 is 10.2 Å². The largest absolute Gasteiger partial charge is 0.351 e. The van der Waals surface area contributed by atoms with Crippen molar-refractivity contribution in [1.82, 2.24) is 10.2 Å². The molecular weight excluding hydrogens is 312 g/mol. The topological polar surface area (TPSA) is 49.4 Å². The Balaban J connectivity index is 1.61. The van der Waals surface area contributed by atoms with Gasteiger partial charge in [0.15, 0.2) is 0 Å². The van der Waals surface area contributed by atoms with Crippen molar-refractivity contribution in [3.8, 4) is 0 Å². The molecule has 0 unspecified atom stereocenters. The second-order valence-corrected chi connectivity index (χ2v) is 8.34. The Labute approximate surface area is 152 Å². The highest BCUT2D eigenvalue weighted by molar-refractivity contribution is 5.94. The molecule has 0 aromatic rings. The van der Waals surface area contributed by atoms with Crippen molar-refractivity contribution in [2.45, 2.75) is 102 Å². The Hall–Kier alpha value is -1.32. The SMILES string of the molecule is C[C@@]1(C(=O)NC2CCCCCC2)CCC(=O)N1CCC1=CCCCC1. The molecular formula is C21H34N2O2. The van der Waals surface area contributed by atoms with Gasteiger partial charge in [0, 0.05) is 19.0 Å². The van der Waals surface area contributed by atoms with Gasteiger partial charge in [-0.25, -0.2) is 0 Å². The molecule has 0 radical (unpaired) electrons. The lowest BCUT2D eigenvalue weighted by molar-refractivity contribution is -0.141. The number of hydrogen-bond donors (Lipinski definition) is 1. The monoisotopic (exact) mass is 346 g/mol. The fraction of sp³-hybridized carbons (Fsp3) is 0.810. The number of carbonyl (C=O) groups is 2. The zero-order chi connectivity index (χ0) is 17.7. The smallest absolute Gasteiger partial charge is 0.245 e. The van der Waals surface area contributed by atoms with Crippen LogP contribution in [-0.4, -0.2) is 34.8 Å². The Kier molecular flexibility index (Phi) is 6.19. The van der Waals surface area contributed by atoms with Crippen LogP contribution in [0.5, 0.6) is 0 Å². The Bertz CT molecular complexity index is 520. The van der Waals surface area contributed by atoms with Gasteiger partial charge in [-0.15, -0.1) is 0 Å². The van der Waals surface area contributed by atoms with Gasteiger partial charge in [-0.2, -0.15) is 0 Å². The van der Waals surface area contributed by atoms with Gasteiger partial charge in [0.05, 0.1) is 0 Å². The molecule has 1 N–H and O–H groups in total. The van der Waals surface area contributed by atoms with Gasteiger partial charge in [0.25, 0.3) is 0 Å². The van der Waals surface area contributed by atoms with Crippen molar-refractivity contribution < 1.29 is 9.59 Å². The molecule has 2 aliphatic carbocycles. The molecule has 2 fully saturated rings. The van der Waals surface area contributed by atoms with Crippen LogP contribution in [-0.2, 0) is 9.59 Å². The molecule has 1 atom stereocenters. The zero-order valence-electron chi connectivity index (χ0n) is 15.8. The summed E-state index contributed by atoms with van der Waals surface area (Å²) in [4.78, 5) is 27.3. The number of amides is 2. The summed E-state index contributed by atoms with van der Waals surface area (Å²) >= 11 is 0. The average molecular weight is 347 g/mol. The standard InChI is InChI=1S/C21H34N2O2/c1-21(20(25)22-18-11-7-2-3-8-12-18)15-13-19(24)23(21)16-14-17-9-5-4-6-10-17/h9,18H,2-8,10-16H2,1H3,(H,22,25)/t21-/m0/s1. The minimum atomic E-state index is -0.654. The zero-order valence-corrected chi connectivity index (χ0v) is 15.8. The molecule has 1 aliphatic heterocycles. The average Bonchev–Trinajstić information content (AvgIpc) is 2.80. The molecule has 25 heavy (non-hydrogen) atoms. The van der Waals surface area contributed by atoms with Crippen LogP contribution in [0.1, 0.15) is 90.4 Å². The fourth-order valence-corrected chi connectivity index (χ4v) is 4.65. The summed E-state index contributed by atoms with van der Waals surface area (Å²) in [7, 11) is 0. The molecule has 2 amide bonds. The molecule has 0 bridgehead atoms. The highest BCUT2D eigenvalue weighted by Crippen LogP contribution is 2.32. The number of likely N-dealkylation sites (tertiary alicyclic amines) is 1. The second-order valence-electron chi connectivity index (χ2n) is 8.34. The normalized spacial score (nSPS) is 28.6. The first-order valence-corrected chi connectivity index (χ1v) is 10.4. The number of nitrogens with one attached hydrogen (secondary N) is 1. The van der Waals surface area contributed by atoms with E-state index in [-0.39, 0.29) is 11.8 Å². The van der Waals surface area contributed by atoms with E-state index in [9.17, 15) is 9.59 Å². The van der Waals surface area contributed by atoms with Gasteiger partial charge in [0.2, 0.25) is 11.8 Å². The van der Waals surface area contributed by atoms with Crippen LogP contribution in [0.25, 0.3) is 0 Å². The van der Waals surface area contributed by atoms with E-state index in [4.69, 9.17) is 0 Å². The van der Waals surface area contributed by atoms with Gasteiger partial charge in [-0.3, -0.25) is 9.59 Å². The van der Waals surface area contributed by atoms with Gasteiger partial charge in [-0.1, -0.05) is 37.3 Å². The number of allylic oxidation sites excluding steroid dienone is 1. The summed E-state index contributed by atoms with van der Waals surface area (Å²) in [6, 6.07) is 0.297. The van der Waals surface area contributed by atoms with E-state index in [1.165, 1.54) is 50.5 Å². The molecule has 1 saturated heterocycles. The summed E-state index contributed by atoms with van der Waals surface area (Å²) in [6.45, 7) is 2.67. The first-order valence-electron chi connectivity index (χ1n) is 10.4. The summed E-state index contributed by atoms with van der Waals surface area (Å²) in [5, 5.41) is 3.28. The van der Waals surface area contributed by atoms with E-state index in [2.05, 4.69) is 11.4 Å². The molecule has 1 heterocycles. The molecule has 4 nitrogen and oxygen atoms in total. The molecule has 0 spiro atoms. The van der Waals surface area contributed by atoms with Crippen LogP contribution in [0.3, 0.4) is 0 Å². The minimum Gasteiger partial charge on any atom is -0.351 e. The summed E-state index contributed by atoms with van der Waals surface area (Å²) in [5.41, 5.74) is 0.816. The lowest BCUT2D eigenvalue weighted by Gasteiger charge is -2.35. The maximum Gasteiger partial charge on any atom is 0.245 e. The fourth-order valence-electron chi connectivity index (χ4n) is 4.65. The van der Waals surface area contributed by atoms with Gasteiger partial charge in [-0.05, 0) is 58.3 Å². The highest BCUT2D eigenvalue weighted by Gasteiger charge is 2.47. The Morgan fingerprint density at radius 2 is 1.92 bits per heavy atom. The minimum absolute atomic E-state index is 0.0721. The molecule has 3 aliphatic rings. The maximum absolute atomic E-state index is 13.0. The van der Waals surface area contributed by atoms with Crippen molar-refractivity contribution in [3.63, 3.8) is 0 Å². The lowest BCUT2D eigenvalue weighted by atomic mass is 9.94. The number of nitrogens with zero attached hydrogens (tertiary/aromatic N) is 1. The van der Waals surface area contributed by atoms with Crippen molar-refractivity contribution >= 4 is 11.8 Å².